The SMILES string of the molecule is COc1cc2ncnc(C3CCN(NC(=O)c4ccc(OC(C)C)cc4)CC3)c2cc1OC.Cl. The minimum Gasteiger partial charge on any atom is -0.493 e. The third kappa shape index (κ3) is 5.69. The van der Waals surface area contributed by atoms with Crippen molar-refractivity contribution in [3.63, 3.8) is 0 Å². The fraction of sp³-hybridized carbons (Fsp3) is 0.400. The molecule has 1 aromatic heterocycles. The third-order valence-electron chi connectivity index (χ3n) is 5.80. The van der Waals surface area contributed by atoms with Gasteiger partial charge in [0.25, 0.3) is 5.91 Å². The molecule has 0 aliphatic carbocycles. The molecule has 0 bridgehead atoms. The summed E-state index contributed by atoms with van der Waals surface area (Å²) >= 11 is 0. The quantitative estimate of drug-likeness (QED) is 0.530. The number of aromatic nitrogens is 2. The fourth-order valence-electron chi connectivity index (χ4n) is 4.16. The molecule has 1 fully saturated rings. The van der Waals surface area contributed by atoms with E-state index >= 15 is 0 Å². The molecule has 0 spiro atoms. The Bertz CT molecular complexity index is 1120. The summed E-state index contributed by atoms with van der Waals surface area (Å²) in [6.07, 6.45) is 3.45. The lowest BCUT2D eigenvalue weighted by molar-refractivity contribution is 0.0734. The summed E-state index contributed by atoms with van der Waals surface area (Å²) in [5, 5.41) is 2.95. The van der Waals surface area contributed by atoms with Crippen molar-refractivity contribution in [1.29, 1.82) is 0 Å². The minimum absolute atomic E-state index is 0. The van der Waals surface area contributed by atoms with E-state index in [2.05, 4.69) is 15.4 Å². The molecule has 2 heterocycles. The van der Waals surface area contributed by atoms with Crippen molar-refractivity contribution in [2.24, 2.45) is 0 Å². The number of halogens is 1. The molecular weight excluding hydrogens is 456 g/mol. The number of amides is 1. The largest absolute Gasteiger partial charge is 0.493 e. The Morgan fingerprint density at radius 2 is 1.68 bits per heavy atom. The third-order valence-corrected chi connectivity index (χ3v) is 5.80. The molecule has 0 unspecified atom stereocenters. The molecule has 1 N–H and O–H groups in total. The Morgan fingerprint density at radius 1 is 1.03 bits per heavy atom. The van der Waals surface area contributed by atoms with Gasteiger partial charge in [0.1, 0.15) is 12.1 Å². The Kier molecular flexibility index (Phi) is 8.52. The van der Waals surface area contributed by atoms with Gasteiger partial charge in [-0.25, -0.2) is 15.0 Å². The number of hydrogen-bond acceptors (Lipinski definition) is 7. The van der Waals surface area contributed by atoms with Crippen molar-refractivity contribution in [1.82, 2.24) is 20.4 Å². The van der Waals surface area contributed by atoms with Crippen LogP contribution in [0.5, 0.6) is 17.2 Å². The first-order chi connectivity index (χ1) is 16.0. The van der Waals surface area contributed by atoms with E-state index in [0.717, 1.165) is 48.3 Å². The number of piperidine rings is 1. The summed E-state index contributed by atoms with van der Waals surface area (Å²) in [4.78, 5) is 21.7. The van der Waals surface area contributed by atoms with Crippen LogP contribution in [0.4, 0.5) is 0 Å². The second-order valence-electron chi connectivity index (χ2n) is 8.38. The minimum atomic E-state index is -0.117. The second-order valence-corrected chi connectivity index (χ2v) is 8.38. The van der Waals surface area contributed by atoms with E-state index in [0.29, 0.717) is 17.1 Å². The molecular formula is C25H31ClN4O4. The molecule has 1 saturated heterocycles. The zero-order valence-electron chi connectivity index (χ0n) is 19.9. The number of fused-ring (bicyclic) bond motifs is 1. The molecule has 8 nitrogen and oxygen atoms in total. The molecule has 9 heteroatoms. The van der Waals surface area contributed by atoms with E-state index in [1.807, 2.05) is 43.1 Å². The average molecular weight is 487 g/mol. The highest BCUT2D eigenvalue weighted by molar-refractivity contribution is 5.94. The number of rotatable bonds is 7. The summed E-state index contributed by atoms with van der Waals surface area (Å²) in [6.45, 7) is 5.43. The topological polar surface area (TPSA) is 85.8 Å². The maximum absolute atomic E-state index is 12.7. The first-order valence-corrected chi connectivity index (χ1v) is 11.2. The number of carbonyl (C=O) groups excluding carboxylic acids is 1. The molecule has 34 heavy (non-hydrogen) atoms. The Hall–Kier alpha value is -3.10. The van der Waals surface area contributed by atoms with Gasteiger partial charge < -0.3 is 14.2 Å². The van der Waals surface area contributed by atoms with E-state index in [1.165, 1.54) is 0 Å². The number of methoxy groups -OCH3 is 2. The Morgan fingerprint density at radius 3 is 2.29 bits per heavy atom. The van der Waals surface area contributed by atoms with Gasteiger partial charge in [-0.3, -0.25) is 10.2 Å². The Labute approximate surface area is 206 Å². The second kappa shape index (κ2) is 11.4. The first kappa shape index (κ1) is 25.5. The number of nitrogens with one attached hydrogen (secondary N) is 1. The average Bonchev–Trinajstić information content (AvgIpc) is 2.83. The van der Waals surface area contributed by atoms with E-state index in [1.54, 1.807) is 32.7 Å². The summed E-state index contributed by atoms with van der Waals surface area (Å²) in [5.74, 6) is 2.23. The highest BCUT2D eigenvalue weighted by Gasteiger charge is 2.25. The molecule has 1 aliphatic rings. The highest BCUT2D eigenvalue weighted by atomic mass is 35.5. The molecule has 3 aromatic rings. The maximum Gasteiger partial charge on any atom is 0.265 e. The van der Waals surface area contributed by atoms with Gasteiger partial charge in [-0.2, -0.15) is 0 Å². The molecule has 182 valence electrons. The molecule has 1 aliphatic heterocycles. The van der Waals surface area contributed by atoms with Crippen molar-refractivity contribution >= 4 is 29.2 Å². The predicted molar refractivity (Wildman–Crippen MR) is 133 cm³/mol. The number of carbonyl (C=O) groups is 1. The number of nitrogens with zero attached hydrogens (tertiary/aromatic N) is 3. The van der Waals surface area contributed by atoms with Crippen molar-refractivity contribution < 1.29 is 19.0 Å². The predicted octanol–water partition coefficient (Wildman–Crippen LogP) is 4.38. The van der Waals surface area contributed by atoms with Crippen LogP contribution in [-0.4, -0.2) is 54.3 Å². The molecule has 0 radical (unpaired) electrons. The standard InChI is InChI=1S/C25H30N4O4.ClH/c1-16(2)33-19-7-5-18(6-8-19)25(30)28-29-11-9-17(10-12-29)24-20-13-22(31-3)23(32-4)14-21(20)26-15-27-24;/h5-8,13-17H,9-12H2,1-4H3,(H,28,30);1H. The van der Waals surface area contributed by atoms with Gasteiger partial charge in [0.2, 0.25) is 0 Å². The number of benzene rings is 2. The van der Waals surface area contributed by atoms with E-state index < -0.39 is 0 Å². The zero-order valence-corrected chi connectivity index (χ0v) is 20.7. The molecule has 2 aromatic carbocycles. The normalized spacial score (nSPS) is 14.5. The van der Waals surface area contributed by atoms with Crippen LogP contribution >= 0.6 is 12.4 Å². The number of ether oxygens (including phenoxy) is 3. The lowest BCUT2D eigenvalue weighted by Gasteiger charge is -2.32. The van der Waals surface area contributed by atoms with Gasteiger partial charge in [-0.1, -0.05) is 0 Å². The van der Waals surface area contributed by atoms with Gasteiger partial charge in [-0.15, -0.1) is 12.4 Å². The molecule has 0 atom stereocenters. The van der Waals surface area contributed by atoms with Gasteiger partial charge in [0, 0.05) is 36.0 Å². The lowest BCUT2D eigenvalue weighted by atomic mass is 9.91. The summed E-state index contributed by atoms with van der Waals surface area (Å²) < 4.78 is 16.5. The van der Waals surface area contributed by atoms with Crippen molar-refractivity contribution in [2.75, 3.05) is 27.3 Å². The van der Waals surface area contributed by atoms with Gasteiger partial charge in [0.05, 0.1) is 31.5 Å². The summed E-state index contributed by atoms with van der Waals surface area (Å²) in [6, 6.07) is 11.1. The van der Waals surface area contributed by atoms with Gasteiger partial charge >= 0.3 is 0 Å². The fourth-order valence-corrected chi connectivity index (χ4v) is 4.16. The molecule has 0 saturated carbocycles. The van der Waals surface area contributed by atoms with Crippen molar-refractivity contribution in [3.8, 4) is 17.2 Å². The van der Waals surface area contributed by atoms with Gasteiger partial charge in [0.15, 0.2) is 11.5 Å². The highest BCUT2D eigenvalue weighted by Crippen LogP contribution is 2.36. The van der Waals surface area contributed by atoms with Crippen LogP contribution in [-0.2, 0) is 0 Å². The van der Waals surface area contributed by atoms with E-state index in [-0.39, 0.29) is 30.3 Å². The lowest BCUT2D eigenvalue weighted by Crippen LogP contribution is -2.46. The maximum atomic E-state index is 12.7. The summed E-state index contributed by atoms with van der Waals surface area (Å²) in [5.41, 5.74) is 5.47. The van der Waals surface area contributed by atoms with Crippen molar-refractivity contribution in [3.05, 3.63) is 54.0 Å². The number of hydrazine groups is 1. The number of hydrogen-bond donors (Lipinski definition) is 1. The van der Waals surface area contributed by atoms with E-state index in [9.17, 15) is 4.79 Å². The van der Waals surface area contributed by atoms with Crippen LogP contribution in [0.15, 0.2) is 42.7 Å². The van der Waals surface area contributed by atoms with E-state index in [4.69, 9.17) is 14.2 Å². The Balaban J connectivity index is 0.00000324. The van der Waals surface area contributed by atoms with Crippen LogP contribution in [0, 0.1) is 0 Å². The van der Waals surface area contributed by atoms with Crippen LogP contribution in [0.25, 0.3) is 10.9 Å². The smallest absolute Gasteiger partial charge is 0.265 e. The van der Waals surface area contributed by atoms with Crippen LogP contribution in [0.3, 0.4) is 0 Å². The van der Waals surface area contributed by atoms with Gasteiger partial charge in [-0.05, 0) is 57.0 Å². The summed E-state index contributed by atoms with van der Waals surface area (Å²) in [7, 11) is 3.24. The van der Waals surface area contributed by atoms with Crippen LogP contribution in [0.2, 0.25) is 0 Å². The van der Waals surface area contributed by atoms with Crippen LogP contribution in [0.1, 0.15) is 48.7 Å². The first-order valence-electron chi connectivity index (χ1n) is 11.2. The monoisotopic (exact) mass is 486 g/mol. The zero-order chi connectivity index (χ0) is 23.4. The van der Waals surface area contributed by atoms with Crippen molar-refractivity contribution in [2.45, 2.75) is 38.7 Å². The van der Waals surface area contributed by atoms with Crippen LogP contribution < -0.4 is 19.6 Å². The molecule has 1 amide bonds. The molecule has 4 rings (SSSR count).